The van der Waals surface area contributed by atoms with Crippen molar-refractivity contribution in [3.8, 4) is 11.5 Å². The third-order valence-electron chi connectivity index (χ3n) is 4.88. The topological polar surface area (TPSA) is 21.7 Å². The van der Waals surface area contributed by atoms with Gasteiger partial charge in [-0.05, 0) is 57.1 Å². The molecule has 24 heavy (non-hydrogen) atoms. The second-order valence-electron chi connectivity index (χ2n) is 6.91. The van der Waals surface area contributed by atoms with Crippen LogP contribution in [-0.2, 0) is 12.0 Å². The summed E-state index contributed by atoms with van der Waals surface area (Å²) >= 11 is 3.63. The summed E-state index contributed by atoms with van der Waals surface area (Å²) in [4.78, 5) is 2.44. The van der Waals surface area contributed by atoms with Gasteiger partial charge < -0.3 is 14.4 Å². The lowest BCUT2D eigenvalue weighted by Gasteiger charge is -2.40. The molecule has 0 saturated heterocycles. The Balaban J connectivity index is 1.95. The number of rotatable bonds is 4. The molecular weight excluding hydrogens is 366 g/mol. The second kappa shape index (κ2) is 6.67. The van der Waals surface area contributed by atoms with E-state index in [1.807, 2.05) is 12.1 Å². The third kappa shape index (κ3) is 3.25. The van der Waals surface area contributed by atoms with Crippen molar-refractivity contribution in [2.75, 3.05) is 25.7 Å². The van der Waals surface area contributed by atoms with Gasteiger partial charge in [-0.3, -0.25) is 0 Å². The van der Waals surface area contributed by atoms with Crippen LogP contribution < -0.4 is 14.4 Å². The molecule has 0 atom stereocenters. The molecule has 1 heterocycles. The number of fused-ring (bicyclic) bond motifs is 1. The van der Waals surface area contributed by atoms with E-state index >= 15 is 0 Å². The van der Waals surface area contributed by atoms with Crippen LogP contribution >= 0.6 is 15.9 Å². The summed E-state index contributed by atoms with van der Waals surface area (Å²) in [5, 5.41) is 0. The van der Waals surface area contributed by atoms with Gasteiger partial charge in [-0.25, -0.2) is 0 Å². The molecule has 2 aromatic carbocycles. The minimum Gasteiger partial charge on any atom is -0.497 e. The maximum absolute atomic E-state index is 5.52. The molecule has 0 aromatic heterocycles. The second-order valence-corrected chi connectivity index (χ2v) is 7.76. The first-order valence-electron chi connectivity index (χ1n) is 8.20. The highest BCUT2D eigenvalue weighted by atomic mass is 79.9. The number of anilines is 1. The van der Waals surface area contributed by atoms with Crippen molar-refractivity contribution in [1.82, 2.24) is 0 Å². The Kier molecular flexibility index (Phi) is 4.77. The first-order chi connectivity index (χ1) is 11.4. The van der Waals surface area contributed by atoms with Gasteiger partial charge >= 0.3 is 0 Å². The van der Waals surface area contributed by atoms with Gasteiger partial charge in [0.05, 0.1) is 18.7 Å². The third-order valence-corrected chi connectivity index (χ3v) is 5.50. The molecule has 3 rings (SSSR count). The quantitative estimate of drug-likeness (QED) is 0.720. The molecule has 3 nitrogen and oxygen atoms in total. The van der Waals surface area contributed by atoms with Crippen LogP contribution in [0.4, 0.5) is 5.69 Å². The van der Waals surface area contributed by atoms with Gasteiger partial charge in [-0.15, -0.1) is 0 Å². The van der Waals surface area contributed by atoms with Crippen molar-refractivity contribution in [1.29, 1.82) is 0 Å². The van der Waals surface area contributed by atoms with Gasteiger partial charge in [0.1, 0.15) is 11.5 Å². The highest BCUT2D eigenvalue weighted by Gasteiger charge is 2.32. The van der Waals surface area contributed by atoms with E-state index < -0.39 is 0 Å². The summed E-state index contributed by atoms with van der Waals surface area (Å²) in [7, 11) is 3.41. The van der Waals surface area contributed by atoms with Gasteiger partial charge in [0, 0.05) is 24.8 Å². The highest BCUT2D eigenvalue weighted by molar-refractivity contribution is 9.10. The fraction of sp³-hybridized carbons (Fsp3) is 0.400. The van der Waals surface area contributed by atoms with E-state index in [1.54, 1.807) is 14.2 Å². The van der Waals surface area contributed by atoms with E-state index in [4.69, 9.17) is 9.47 Å². The van der Waals surface area contributed by atoms with E-state index in [-0.39, 0.29) is 5.41 Å². The molecule has 0 fully saturated rings. The zero-order valence-corrected chi connectivity index (χ0v) is 16.3. The summed E-state index contributed by atoms with van der Waals surface area (Å²) in [5.74, 6) is 1.77. The largest absolute Gasteiger partial charge is 0.497 e. The van der Waals surface area contributed by atoms with Gasteiger partial charge in [-0.2, -0.15) is 0 Å². The Morgan fingerprint density at radius 1 is 1.08 bits per heavy atom. The van der Waals surface area contributed by atoms with Gasteiger partial charge in [0.15, 0.2) is 0 Å². The SMILES string of the molecule is COc1ccc(CN2CCC(C)(C)c3cc(Br)c(OC)cc32)cc1. The number of nitrogens with zero attached hydrogens (tertiary/aromatic N) is 1. The minimum atomic E-state index is 0.167. The molecule has 0 N–H and O–H groups in total. The molecule has 0 amide bonds. The average molecular weight is 390 g/mol. The lowest BCUT2D eigenvalue weighted by atomic mass is 9.77. The first-order valence-corrected chi connectivity index (χ1v) is 9.00. The molecule has 0 unspecified atom stereocenters. The van der Waals surface area contributed by atoms with Crippen molar-refractivity contribution in [2.24, 2.45) is 0 Å². The number of hydrogen-bond donors (Lipinski definition) is 0. The Bertz CT molecular complexity index is 725. The smallest absolute Gasteiger partial charge is 0.135 e. The Hall–Kier alpha value is -1.68. The van der Waals surface area contributed by atoms with E-state index in [1.165, 1.54) is 16.8 Å². The molecule has 4 heteroatoms. The normalized spacial score (nSPS) is 15.8. The number of benzene rings is 2. The molecule has 0 bridgehead atoms. The fourth-order valence-corrected chi connectivity index (χ4v) is 3.79. The van der Waals surface area contributed by atoms with Crippen LogP contribution in [0.25, 0.3) is 0 Å². The molecular formula is C20H24BrNO2. The first kappa shape index (κ1) is 17.2. The van der Waals surface area contributed by atoms with Crippen LogP contribution in [0.3, 0.4) is 0 Å². The summed E-state index contributed by atoms with van der Waals surface area (Å²) in [6.45, 7) is 6.56. The van der Waals surface area contributed by atoms with E-state index in [9.17, 15) is 0 Å². The van der Waals surface area contributed by atoms with Crippen molar-refractivity contribution < 1.29 is 9.47 Å². The van der Waals surface area contributed by atoms with Crippen LogP contribution in [0.15, 0.2) is 40.9 Å². The summed E-state index contributed by atoms with van der Waals surface area (Å²) in [6, 6.07) is 12.7. The number of halogens is 1. The lowest BCUT2D eigenvalue weighted by Crippen LogP contribution is -2.37. The standard InChI is InChI=1S/C20H24BrNO2/c1-20(2)9-10-22(13-14-5-7-15(23-3)8-6-14)18-12-19(24-4)17(21)11-16(18)20/h5-8,11-12H,9-10,13H2,1-4H3. The zero-order chi connectivity index (χ0) is 17.3. The Morgan fingerprint density at radius 3 is 2.42 bits per heavy atom. The maximum atomic E-state index is 5.52. The van der Waals surface area contributed by atoms with Crippen LogP contribution in [0.5, 0.6) is 11.5 Å². The monoisotopic (exact) mass is 389 g/mol. The molecule has 0 saturated carbocycles. The molecule has 2 aromatic rings. The number of ether oxygens (including phenoxy) is 2. The van der Waals surface area contributed by atoms with Crippen LogP contribution in [0, 0.1) is 0 Å². The van der Waals surface area contributed by atoms with Crippen LogP contribution in [0.1, 0.15) is 31.4 Å². The maximum Gasteiger partial charge on any atom is 0.135 e. The molecule has 0 spiro atoms. The highest BCUT2D eigenvalue weighted by Crippen LogP contribution is 2.44. The Labute approximate surface area is 152 Å². The molecule has 0 aliphatic carbocycles. The predicted octanol–water partition coefficient (Wildman–Crippen LogP) is 5.15. The molecule has 1 aliphatic heterocycles. The fourth-order valence-electron chi connectivity index (χ4n) is 3.29. The summed E-state index contributed by atoms with van der Waals surface area (Å²) in [6.07, 6.45) is 1.13. The van der Waals surface area contributed by atoms with Gasteiger partial charge in [-0.1, -0.05) is 26.0 Å². The lowest BCUT2D eigenvalue weighted by molar-refractivity contribution is 0.408. The van der Waals surface area contributed by atoms with E-state index in [0.717, 1.165) is 35.5 Å². The van der Waals surface area contributed by atoms with Gasteiger partial charge in [0.25, 0.3) is 0 Å². The average Bonchev–Trinajstić information content (AvgIpc) is 2.58. The summed E-state index contributed by atoms with van der Waals surface area (Å²) in [5.41, 5.74) is 4.08. The number of methoxy groups -OCH3 is 2. The van der Waals surface area contributed by atoms with Crippen LogP contribution in [0.2, 0.25) is 0 Å². The van der Waals surface area contributed by atoms with Crippen molar-refractivity contribution >= 4 is 21.6 Å². The molecule has 1 aliphatic rings. The Morgan fingerprint density at radius 2 is 1.79 bits per heavy atom. The van der Waals surface area contributed by atoms with E-state index in [2.05, 4.69) is 58.9 Å². The molecule has 0 radical (unpaired) electrons. The van der Waals surface area contributed by atoms with E-state index in [0.29, 0.717) is 0 Å². The molecule has 128 valence electrons. The predicted molar refractivity (Wildman–Crippen MR) is 102 cm³/mol. The minimum absolute atomic E-state index is 0.167. The van der Waals surface area contributed by atoms with Crippen LogP contribution in [-0.4, -0.2) is 20.8 Å². The number of hydrogen-bond acceptors (Lipinski definition) is 3. The van der Waals surface area contributed by atoms with Crippen molar-refractivity contribution in [2.45, 2.75) is 32.2 Å². The van der Waals surface area contributed by atoms with Crippen molar-refractivity contribution in [3.05, 3.63) is 52.0 Å². The summed E-state index contributed by atoms with van der Waals surface area (Å²) < 4.78 is 11.8. The van der Waals surface area contributed by atoms with Crippen molar-refractivity contribution in [3.63, 3.8) is 0 Å². The van der Waals surface area contributed by atoms with Gasteiger partial charge in [0.2, 0.25) is 0 Å². The zero-order valence-electron chi connectivity index (χ0n) is 14.7.